The first-order chi connectivity index (χ1) is 11.9. The van der Waals surface area contributed by atoms with Gasteiger partial charge >= 0.3 is 5.69 Å². The van der Waals surface area contributed by atoms with Gasteiger partial charge in [0.05, 0.1) is 23.9 Å². The Morgan fingerprint density at radius 2 is 2.32 bits per heavy atom. The zero-order valence-electron chi connectivity index (χ0n) is 13.3. The number of ether oxygens (including phenoxy) is 1. The number of phenols is 1. The maximum Gasteiger partial charge on any atom is 0.315 e. The number of nitrogens with one attached hydrogen (secondary N) is 1. The molecule has 0 bridgehead atoms. The Hall–Kier alpha value is -3.21. The fraction of sp³-hybridized carbons (Fsp3) is 0.214. The summed E-state index contributed by atoms with van der Waals surface area (Å²) in [6.07, 6.45) is 1.74. The molecule has 11 heteroatoms. The van der Waals surface area contributed by atoms with Crippen LogP contribution in [0.1, 0.15) is 27.9 Å². The van der Waals surface area contributed by atoms with E-state index in [1.807, 2.05) is 6.92 Å². The zero-order valence-corrected chi connectivity index (χ0v) is 14.2. The smallest absolute Gasteiger partial charge is 0.315 e. The number of carbonyl (C=O) groups is 1. The van der Waals surface area contributed by atoms with Gasteiger partial charge in [-0.05, 0) is 12.5 Å². The highest BCUT2D eigenvalue weighted by atomic mass is 32.1. The summed E-state index contributed by atoms with van der Waals surface area (Å²) in [6, 6.07) is 2.45. The highest BCUT2D eigenvalue weighted by molar-refractivity contribution is 7.17. The number of hydrazone groups is 1. The van der Waals surface area contributed by atoms with Crippen LogP contribution < -0.4 is 15.9 Å². The maximum atomic E-state index is 12.1. The summed E-state index contributed by atoms with van der Waals surface area (Å²) in [5.74, 6) is -1.14. The third-order valence-electron chi connectivity index (χ3n) is 3.13. The quantitative estimate of drug-likeness (QED) is 0.400. The molecule has 0 aliphatic rings. The number of nitrogens with zero attached hydrogens (tertiary/aromatic N) is 3. The van der Waals surface area contributed by atoms with E-state index in [-0.39, 0.29) is 16.4 Å². The van der Waals surface area contributed by atoms with Crippen molar-refractivity contribution in [3.63, 3.8) is 0 Å². The van der Waals surface area contributed by atoms with E-state index in [4.69, 9.17) is 10.5 Å². The zero-order chi connectivity index (χ0) is 18.6. The molecule has 1 amide bonds. The SMILES string of the molecule is CCc1nc(N)sc1C(=O)N/N=C/c1cc(OC)c(O)c([N+](=O)[O-])c1. The number of rotatable bonds is 6. The fourth-order valence-electron chi connectivity index (χ4n) is 1.99. The molecular weight excluding hydrogens is 350 g/mol. The van der Waals surface area contributed by atoms with E-state index < -0.39 is 22.3 Å². The topological polar surface area (TPSA) is 153 Å². The van der Waals surface area contributed by atoms with Crippen LogP contribution in [0.2, 0.25) is 0 Å². The molecule has 10 nitrogen and oxygen atoms in total. The van der Waals surface area contributed by atoms with Crippen LogP contribution in [0.5, 0.6) is 11.5 Å². The standard InChI is InChI=1S/C14H15N5O5S/c1-3-8-12(25-14(15)17-8)13(21)18-16-6-7-4-9(19(22)23)11(20)10(5-7)24-2/h4-6,20H,3H2,1-2H3,(H2,15,17)(H,18,21)/b16-6+. The van der Waals surface area contributed by atoms with Crippen molar-refractivity contribution in [2.45, 2.75) is 13.3 Å². The van der Waals surface area contributed by atoms with Gasteiger partial charge in [-0.1, -0.05) is 18.3 Å². The van der Waals surface area contributed by atoms with Gasteiger partial charge in [0.2, 0.25) is 5.75 Å². The van der Waals surface area contributed by atoms with Crippen molar-refractivity contribution in [1.82, 2.24) is 10.4 Å². The summed E-state index contributed by atoms with van der Waals surface area (Å²) in [4.78, 5) is 26.7. The first kappa shape index (κ1) is 18.1. The molecule has 0 saturated carbocycles. The molecule has 0 unspecified atom stereocenters. The van der Waals surface area contributed by atoms with Crippen LogP contribution in [0.15, 0.2) is 17.2 Å². The molecule has 1 aromatic carbocycles. The van der Waals surface area contributed by atoms with Gasteiger partial charge in [0.1, 0.15) is 4.88 Å². The van der Waals surface area contributed by atoms with E-state index in [0.717, 1.165) is 17.4 Å². The third-order valence-corrected chi connectivity index (χ3v) is 4.05. The Bertz CT molecular complexity index is 848. The molecule has 4 N–H and O–H groups in total. The number of aryl methyl sites for hydroxylation is 1. The predicted octanol–water partition coefficient (Wildman–Crippen LogP) is 1.67. The summed E-state index contributed by atoms with van der Waals surface area (Å²) >= 11 is 1.05. The lowest BCUT2D eigenvalue weighted by molar-refractivity contribution is -0.386. The Morgan fingerprint density at radius 1 is 1.60 bits per heavy atom. The number of methoxy groups -OCH3 is 1. The normalized spacial score (nSPS) is 10.8. The van der Waals surface area contributed by atoms with Crippen LogP contribution in [0.3, 0.4) is 0 Å². The molecule has 1 heterocycles. The number of thiazole rings is 1. The van der Waals surface area contributed by atoms with Crippen LogP contribution in [0.25, 0.3) is 0 Å². The van der Waals surface area contributed by atoms with Crippen molar-refractivity contribution in [3.8, 4) is 11.5 Å². The van der Waals surface area contributed by atoms with E-state index in [1.54, 1.807) is 0 Å². The van der Waals surface area contributed by atoms with Gasteiger partial charge in [0.15, 0.2) is 10.9 Å². The average molecular weight is 365 g/mol. The van der Waals surface area contributed by atoms with Crippen LogP contribution in [-0.4, -0.2) is 34.2 Å². The van der Waals surface area contributed by atoms with Gasteiger partial charge in [0, 0.05) is 11.6 Å². The molecule has 0 aliphatic carbocycles. The molecule has 1 aromatic heterocycles. The minimum absolute atomic E-state index is 0.0783. The van der Waals surface area contributed by atoms with Gasteiger partial charge in [0.25, 0.3) is 5.91 Å². The maximum absolute atomic E-state index is 12.1. The van der Waals surface area contributed by atoms with Crippen molar-refractivity contribution >= 4 is 34.3 Å². The lowest BCUT2D eigenvalue weighted by atomic mass is 10.2. The number of carbonyl (C=O) groups excluding carboxylic acids is 1. The number of nitrogens with two attached hydrogens (primary N) is 1. The number of amides is 1. The summed E-state index contributed by atoms with van der Waals surface area (Å²) < 4.78 is 4.88. The van der Waals surface area contributed by atoms with Gasteiger partial charge in [-0.25, -0.2) is 10.4 Å². The fourth-order valence-corrected chi connectivity index (χ4v) is 2.80. The number of nitrogen functional groups attached to an aromatic ring is 1. The van der Waals surface area contributed by atoms with E-state index >= 15 is 0 Å². The highest BCUT2D eigenvalue weighted by Gasteiger charge is 2.19. The monoisotopic (exact) mass is 365 g/mol. The average Bonchev–Trinajstić information content (AvgIpc) is 2.96. The van der Waals surface area contributed by atoms with Crippen LogP contribution in [0, 0.1) is 10.1 Å². The van der Waals surface area contributed by atoms with E-state index in [2.05, 4.69) is 15.5 Å². The molecule has 0 saturated heterocycles. The first-order valence-electron chi connectivity index (χ1n) is 7.01. The number of hydrogen-bond acceptors (Lipinski definition) is 9. The number of nitro benzene ring substituents is 1. The molecule has 25 heavy (non-hydrogen) atoms. The number of hydrogen-bond donors (Lipinski definition) is 3. The summed E-state index contributed by atoms with van der Waals surface area (Å²) in [6.45, 7) is 1.84. The second-order valence-electron chi connectivity index (χ2n) is 4.73. The van der Waals surface area contributed by atoms with Gasteiger partial charge in [-0.3, -0.25) is 14.9 Å². The van der Waals surface area contributed by atoms with Gasteiger partial charge < -0.3 is 15.6 Å². The highest BCUT2D eigenvalue weighted by Crippen LogP contribution is 2.36. The molecule has 0 aliphatic heterocycles. The number of nitro groups is 1. The Balaban J connectivity index is 2.20. The minimum Gasteiger partial charge on any atom is -0.500 e. The second kappa shape index (κ2) is 7.57. The molecular formula is C14H15N5O5S. The van der Waals surface area contributed by atoms with Crippen LogP contribution in [-0.2, 0) is 6.42 Å². The first-order valence-corrected chi connectivity index (χ1v) is 7.83. The molecule has 0 spiro atoms. The van der Waals surface area contributed by atoms with E-state index in [9.17, 15) is 20.0 Å². The third kappa shape index (κ3) is 4.01. The van der Waals surface area contributed by atoms with Crippen molar-refractivity contribution in [2.24, 2.45) is 5.10 Å². The van der Waals surface area contributed by atoms with Gasteiger partial charge in [-0.15, -0.1) is 0 Å². The lowest BCUT2D eigenvalue weighted by Gasteiger charge is -2.05. The van der Waals surface area contributed by atoms with Crippen LogP contribution >= 0.6 is 11.3 Å². The predicted molar refractivity (Wildman–Crippen MR) is 92.3 cm³/mol. The largest absolute Gasteiger partial charge is 0.500 e. The molecule has 2 rings (SSSR count). The number of aromatic hydroxyl groups is 1. The number of aromatic nitrogens is 1. The molecule has 2 aromatic rings. The Morgan fingerprint density at radius 3 is 2.92 bits per heavy atom. The van der Waals surface area contributed by atoms with E-state index in [1.165, 1.54) is 19.4 Å². The van der Waals surface area contributed by atoms with Crippen molar-refractivity contribution in [1.29, 1.82) is 0 Å². The summed E-state index contributed by atoms with van der Waals surface area (Å²) in [7, 11) is 1.27. The molecule has 132 valence electrons. The lowest BCUT2D eigenvalue weighted by Crippen LogP contribution is -2.17. The number of anilines is 1. The van der Waals surface area contributed by atoms with Crippen molar-refractivity contribution in [3.05, 3.63) is 38.4 Å². The summed E-state index contributed by atoms with van der Waals surface area (Å²) in [5, 5.41) is 24.7. The van der Waals surface area contributed by atoms with Crippen molar-refractivity contribution < 1.29 is 19.6 Å². The Labute approximate surface area is 146 Å². The van der Waals surface area contributed by atoms with E-state index in [0.29, 0.717) is 17.0 Å². The van der Waals surface area contributed by atoms with Crippen LogP contribution in [0.4, 0.5) is 10.8 Å². The molecule has 0 atom stereocenters. The minimum atomic E-state index is -0.749. The summed E-state index contributed by atoms with van der Waals surface area (Å²) in [5.41, 5.74) is 8.20. The Kier molecular flexibility index (Phi) is 5.49. The number of phenolic OH excluding ortho intramolecular Hbond substituents is 1. The molecule has 0 radical (unpaired) electrons. The molecule has 0 fully saturated rings. The van der Waals surface area contributed by atoms with Gasteiger partial charge in [-0.2, -0.15) is 5.10 Å². The number of benzene rings is 1. The van der Waals surface area contributed by atoms with Crippen molar-refractivity contribution in [2.75, 3.05) is 12.8 Å². The second-order valence-corrected chi connectivity index (χ2v) is 5.76.